The molecule has 2 aromatic rings. The first-order valence-electron chi connectivity index (χ1n) is 9.10. The van der Waals surface area contributed by atoms with Gasteiger partial charge in [0.25, 0.3) is 0 Å². The SMILES string of the molecule is Cc1ccc(OCC(C)NC(=O)CN(c2cc(C(F)(F)F)ccc2Cl)S(C)(=O)=O)cc1. The Labute approximate surface area is 184 Å². The first-order chi connectivity index (χ1) is 14.3. The van der Waals surface area contributed by atoms with Gasteiger partial charge in [0, 0.05) is 0 Å². The summed E-state index contributed by atoms with van der Waals surface area (Å²) in [5.41, 5.74) is -0.457. The van der Waals surface area contributed by atoms with Gasteiger partial charge in [-0.05, 0) is 44.2 Å². The lowest BCUT2D eigenvalue weighted by molar-refractivity contribution is -0.137. The number of nitrogens with one attached hydrogen (secondary N) is 1. The van der Waals surface area contributed by atoms with Crippen molar-refractivity contribution in [1.29, 1.82) is 0 Å². The van der Waals surface area contributed by atoms with Crippen LogP contribution in [0.15, 0.2) is 42.5 Å². The molecule has 1 atom stereocenters. The van der Waals surface area contributed by atoms with Crippen molar-refractivity contribution >= 4 is 33.2 Å². The van der Waals surface area contributed by atoms with Crippen molar-refractivity contribution in [3.63, 3.8) is 0 Å². The van der Waals surface area contributed by atoms with Gasteiger partial charge in [-0.3, -0.25) is 9.10 Å². The number of anilines is 1. The molecule has 0 aliphatic carbocycles. The maximum Gasteiger partial charge on any atom is 0.416 e. The lowest BCUT2D eigenvalue weighted by Gasteiger charge is -2.25. The summed E-state index contributed by atoms with van der Waals surface area (Å²) in [5, 5.41) is 2.33. The van der Waals surface area contributed by atoms with Crippen molar-refractivity contribution in [3.05, 3.63) is 58.6 Å². The number of benzene rings is 2. The van der Waals surface area contributed by atoms with Crippen molar-refractivity contribution < 1.29 is 31.1 Å². The largest absolute Gasteiger partial charge is 0.491 e. The van der Waals surface area contributed by atoms with E-state index in [1.54, 1.807) is 19.1 Å². The van der Waals surface area contributed by atoms with Gasteiger partial charge >= 0.3 is 6.18 Å². The molecule has 0 radical (unpaired) electrons. The highest BCUT2D eigenvalue weighted by Crippen LogP contribution is 2.36. The Morgan fingerprint density at radius 2 is 1.81 bits per heavy atom. The van der Waals surface area contributed by atoms with Crippen molar-refractivity contribution in [3.8, 4) is 5.75 Å². The zero-order valence-corrected chi connectivity index (χ0v) is 18.6. The molecule has 0 heterocycles. The predicted octanol–water partition coefficient (Wildman–Crippen LogP) is 4.02. The summed E-state index contributed by atoms with van der Waals surface area (Å²) < 4.78 is 69.6. The number of rotatable bonds is 8. The molecule has 0 aromatic heterocycles. The standard InChI is InChI=1S/C20H22ClF3N2O4S/c1-13-4-7-16(8-5-13)30-12-14(2)25-19(27)11-26(31(3,28)29)18-10-15(20(22,23)24)6-9-17(18)21/h4-10,14H,11-12H2,1-3H3,(H,25,27). The summed E-state index contributed by atoms with van der Waals surface area (Å²) in [6, 6.07) is 9.04. The molecule has 6 nitrogen and oxygen atoms in total. The normalized spacial score (nSPS) is 12.9. The van der Waals surface area contributed by atoms with Crippen LogP contribution in [-0.4, -0.2) is 39.8 Å². The Kier molecular flexibility index (Phi) is 7.82. The Morgan fingerprint density at radius 3 is 2.35 bits per heavy atom. The fraction of sp³-hybridized carbons (Fsp3) is 0.350. The number of carbonyl (C=O) groups is 1. The molecular weight excluding hydrogens is 457 g/mol. The number of sulfonamides is 1. The molecule has 0 fully saturated rings. The van der Waals surface area contributed by atoms with Crippen LogP contribution in [0.1, 0.15) is 18.1 Å². The second-order valence-electron chi connectivity index (χ2n) is 7.03. The first-order valence-corrected chi connectivity index (χ1v) is 11.3. The third-order valence-electron chi connectivity index (χ3n) is 4.16. The van der Waals surface area contributed by atoms with E-state index < -0.39 is 45.9 Å². The lowest BCUT2D eigenvalue weighted by Crippen LogP contribution is -2.45. The smallest absolute Gasteiger partial charge is 0.416 e. The Morgan fingerprint density at radius 1 is 1.19 bits per heavy atom. The average Bonchev–Trinajstić information content (AvgIpc) is 2.64. The van der Waals surface area contributed by atoms with Gasteiger partial charge in [0.2, 0.25) is 15.9 Å². The van der Waals surface area contributed by atoms with Crippen LogP contribution in [-0.2, 0) is 21.0 Å². The minimum absolute atomic E-state index is 0.109. The molecule has 1 N–H and O–H groups in total. The van der Waals surface area contributed by atoms with Gasteiger partial charge in [-0.1, -0.05) is 29.3 Å². The molecule has 0 aliphatic heterocycles. The molecule has 2 aromatic carbocycles. The molecule has 0 spiro atoms. The van der Waals surface area contributed by atoms with Crippen LogP contribution in [0.3, 0.4) is 0 Å². The molecule has 0 saturated carbocycles. The van der Waals surface area contributed by atoms with Gasteiger partial charge in [0.15, 0.2) is 0 Å². The molecule has 0 aliphatic rings. The maximum absolute atomic E-state index is 13.0. The highest BCUT2D eigenvalue weighted by Gasteiger charge is 2.33. The monoisotopic (exact) mass is 478 g/mol. The number of aryl methyl sites for hydroxylation is 1. The number of halogens is 4. The maximum atomic E-state index is 13.0. The minimum atomic E-state index is -4.70. The molecular formula is C20H22ClF3N2O4S. The summed E-state index contributed by atoms with van der Waals surface area (Å²) >= 11 is 5.94. The van der Waals surface area contributed by atoms with E-state index >= 15 is 0 Å². The summed E-state index contributed by atoms with van der Waals surface area (Å²) in [6.07, 6.45) is -3.92. The summed E-state index contributed by atoms with van der Waals surface area (Å²) in [4.78, 5) is 12.4. The number of carbonyl (C=O) groups excluding carboxylic acids is 1. The first kappa shape index (κ1) is 24.8. The second kappa shape index (κ2) is 9.78. The highest BCUT2D eigenvalue weighted by atomic mass is 35.5. The van der Waals surface area contributed by atoms with Crippen molar-refractivity contribution in [2.45, 2.75) is 26.1 Å². The third-order valence-corrected chi connectivity index (χ3v) is 5.60. The summed E-state index contributed by atoms with van der Waals surface area (Å²) in [5.74, 6) is -0.126. The van der Waals surface area contributed by atoms with Crippen LogP contribution in [0, 0.1) is 6.92 Å². The molecule has 0 bridgehead atoms. The number of alkyl halides is 3. The lowest BCUT2D eigenvalue weighted by atomic mass is 10.2. The Bertz CT molecular complexity index is 1030. The minimum Gasteiger partial charge on any atom is -0.491 e. The molecule has 11 heteroatoms. The van der Waals surface area contributed by atoms with Gasteiger partial charge in [-0.15, -0.1) is 0 Å². The number of ether oxygens (including phenoxy) is 1. The highest BCUT2D eigenvalue weighted by molar-refractivity contribution is 7.92. The van der Waals surface area contributed by atoms with Crippen molar-refractivity contribution in [2.24, 2.45) is 0 Å². The average molecular weight is 479 g/mol. The molecule has 0 saturated heterocycles. The topological polar surface area (TPSA) is 75.7 Å². The summed E-state index contributed by atoms with van der Waals surface area (Å²) in [7, 11) is -4.10. The zero-order chi connectivity index (χ0) is 23.4. The third kappa shape index (κ3) is 7.32. The van der Waals surface area contributed by atoms with Crippen LogP contribution < -0.4 is 14.4 Å². The van der Waals surface area contributed by atoms with E-state index in [1.807, 2.05) is 19.1 Å². The molecule has 1 unspecified atom stereocenters. The van der Waals surface area contributed by atoms with Crippen LogP contribution in [0.5, 0.6) is 5.75 Å². The van der Waals surface area contributed by atoms with E-state index in [-0.39, 0.29) is 11.6 Å². The molecule has 1 amide bonds. The number of hydrogen-bond donors (Lipinski definition) is 1. The number of hydrogen-bond acceptors (Lipinski definition) is 4. The van der Waals surface area contributed by atoms with Crippen molar-refractivity contribution in [1.82, 2.24) is 5.32 Å². The van der Waals surface area contributed by atoms with Gasteiger partial charge < -0.3 is 10.1 Å². The van der Waals surface area contributed by atoms with Crippen LogP contribution in [0.25, 0.3) is 0 Å². The second-order valence-corrected chi connectivity index (χ2v) is 9.34. The summed E-state index contributed by atoms with van der Waals surface area (Å²) in [6.45, 7) is 2.94. The number of amides is 1. The van der Waals surface area contributed by atoms with Crippen molar-refractivity contribution in [2.75, 3.05) is 23.7 Å². The van der Waals surface area contributed by atoms with E-state index in [2.05, 4.69) is 5.32 Å². The molecule has 170 valence electrons. The van der Waals surface area contributed by atoms with Gasteiger partial charge in [0.1, 0.15) is 18.9 Å². The van der Waals surface area contributed by atoms with E-state index in [9.17, 15) is 26.4 Å². The molecule has 31 heavy (non-hydrogen) atoms. The van der Waals surface area contributed by atoms with Crippen LogP contribution >= 0.6 is 11.6 Å². The fourth-order valence-corrected chi connectivity index (χ4v) is 3.74. The van der Waals surface area contributed by atoms with E-state index in [4.69, 9.17) is 16.3 Å². The van der Waals surface area contributed by atoms with E-state index in [1.165, 1.54) is 0 Å². The predicted molar refractivity (Wildman–Crippen MR) is 113 cm³/mol. The Balaban J connectivity index is 2.11. The van der Waals surface area contributed by atoms with Gasteiger partial charge in [-0.25, -0.2) is 8.42 Å². The molecule has 2 rings (SSSR count). The van der Waals surface area contributed by atoms with Crippen LogP contribution in [0.4, 0.5) is 18.9 Å². The fourth-order valence-electron chi connectivity index (χ4n) is 2.61. The van der Waals surface area contributed by atoms with E-state index in [0.717, 1.165) is 24.0 Å². The quantitative estimate of drug-likeness (QED) is 0.622. The van der Waals surface area contributed by atoms with Gasteiger partial charge in [0.05, 0.1) is 28.6 Å². The van der Waals surface area contributed by atoms with Gasteiger partial charge in [-0.2, -0.15) is 13.2 Å². The van der Waals surface area contributed by atoms with E-state index in [0.29, 0.717) is 16.1 Å². The van der Waals surface area contributed by atoms with Crippen LogP contribution in [0.2, 0.25) is 5.02 Å². The Hall–Kier alpha value is -2.46. The number of nitrogens with zero attached hydrogens (tertiary/aromatic N) is 1. The zero-order valence-electron chi connectivity index (χ0n) is 17.0.